The highest BCUT2D eigenvalue weighted by molar-refractivity contribution is 7.09. The van der Waals surface area contributed by atoms with Gasteiger partial charge in [-0.3, -0.25) is 19.3 Å². The molecule has 2 atom stereocenters. The summed E-state index contributed by atoms with van der Waals surface area (Å²) in [6.45, 7) is 7.93. The highest BCUT2D eigenvalue weighted by atomic mass is 32.1. The maximum atomic E-state index is 13.4. The van der Waals surface area contributed by atoms with Crippen molar-refractivity contribution in [1.29, 1.82) is 0 Å². The molecule has 164 valence electrons. The summed E-state index contributed by atoms with van der Waals surface area (Å²) in [6.07, 6.45) is 3.37. The number of fused-ring (bicyclic) bond motifs is 1. The lowest BCUT2D eigenvalue weighted by atomic mass is 9.95. The number of piperidine rings is 1. The molecule has 2 aliphatic heterocycles. The number of anilines is 1. The zero-order chi connectivity index (χ0) is 22.1. The van der Waals surface area contributed by atoms with Gasteiger partial charge in [0.05, 0.1) is 28.8 Å². The molecule has 8 heteroatoms. The average Bonchev–Trinajstić information content (AvgIpc) is 3.39. The van der Waals surface area contributed by atoms with E-state index in [0.29, 0.717) is 30.1 Å². The number of hydrogen-bond acceptors (Lipinski definition) is 6. The molecule has 0 bridgehead atoms. The summed E-state index contributed by atoms with van der Waals surface area (Å²) < 4.78 is 0. The third-order valence-electron chi connectivity index (χ3n) is 5.94. The summed E-state index contributed by atoms with van der Waals surface area (Å²) in [7, 11) is 0. The van der Waals surface area contributed by atoms with Crippen molar-refractivity contribution < 1.29 is 14.4 Å². The molecule has 0 aliphatic carbocycles. The second-order valence-electron chi connectivity index (χ2n) is 8.65. The molecule has 1 saturated heterocycles. The number of benzene rings is 1. The van der Waals surface area contributed by atoms with E-state index < -0.39 is 6.04 Å². The van der Waals surface area contributed by atoms with Crippen LogP contribution >= 0.6 is 11.3 Å². The molecule has 2 aromatic rings. The molecule has 31 heavy (non-hydrogen) atoms. The zero-order valence-corrected chi connectivity index (χ0v) is 18.9. The Morgan fingerprint density at radius 3 is 2.77 bits per heavy atom. The van der Waals surface area contributed by atoms with Crippen molar-refractivity contribution >= 4 is 34.7 Å². The monoisotopic (exact) mass is 440 g/mol. The summed E-state index contributed by atoms with van der Waals surface area (Å²) in [4.78, 5) is 46.8. The molecule has 3 amide bonds. The first-order valence-electron chi connectivity index (χ1n) is 10.8. The Morgan fingerprint density at radius 1 is 1.26 bits per heavy atom. The van der Waals surface area contributed by atoms with Crippen LogP contribution in [-0.4, -0.2) is 47.2 Å². The number of carbonyl (C=O) groups excluding carboxylic acids is 3. The number of amides is 3. The predicted octanol–water partition coefficient (Wildman–Crippen LogP) is 3.49. The van der Waals surface area contributed by atoms with Gasteiger partial charge in [0.2, 0.25) is 5.91 Å². The third kappa shape index (κ3) is 4.08. The number of nitrogens with zero attached hydrogens (tertiary/aromatic N) is 3. The number of aromatic nitrogens is 1. The molecular weight excluding hydrogens is 412 g/mol. The number of carbonyl (C=O) groups is 3. The van der Waals surface area contributed by atoms with Crippen LogP contribution in [0.2, 0.25) is 0 Å². The van der Waals surface area contributed by atoms with E-state index in [2.05, 4.69) is 29.0 Å². The van der Waals surface area contributed by atoms with E-state index in [1.165, 1.54) is 16.2 Å². The molecule has 1 aromatic carbocycles. The van der Waals surface area contributed by atoms with Crippen LogP contribution in [0, 0.1) is 11.8 Å². The first-order valence-corrected chi connectivity index (χ1v) is 11.7. The number of thiazole rings is 1. The Balaban J connectivity index is 1.58. The Hall–Kier alpha value is -2.74. The van der Waals surface area contributed by atoms with Gasteiger partial charge in [-0.15, -0.1) is 11.3 Å². The predicted molar refractivity (Wildman–Crippen MR) is 120 cm³/mol. The van der Waals surface area contributed by atoms with Crippen LogP contribution in [0.5, 0.6) is 0 Å². The van der Waals surface area contributed by atoms with Crippen LogP contribution in [0.25, 0.3) is 0 Å². The Kier molecular flexibility index (Phi) is 6.09. The fourth-order valence-electron chi connectivity index (χ4n) is 4.31. The molecule has 4 rings (SSSR count). The lowest BCUT2D eigenvalue weighted by Crippen LogP contribution is -2.44. The summed E-state index contributed by atoms with van der Waals surface area (Å²) in [5.41, 5.74) is 1.61. The lowest BCUT2D eigenvalue weighted by molar-refractivity contribution is -0.125. The minimum Gasteiger partial charge on any atom is -0.370 e. The van der Waals surface area contributed by atoms with Gasteiger partial charge in [0.25, 0.3) is 11.8 Å². The van der Waals surface area contributed by atoms with Crippen molar-refractivity contribution in [3.63, 3.8) is 0 Å². The SMILES string of the molecule is CC(C)CNC(=O)[C@@H]1CCCN(c2cccc3c2C(=O)N([C@H](C)c2nccs2)C3=O)C1. The smallest absolute Gasteiger partial charge is 0.264 e. The second-order valence-corrected chi connectivity index (χ2v) is 9.58. The lowest BCUT2D eigenvalue weighted by Gasteiger charge is -2.34. The Labute approximate surface area is 186 Å². The van der Waals surface area contributed by atoms with Gasteiger partial charge >= 0.3 is 0 Å². The molecule has 1 fully saturated rings. The molecule has 0 unspecified atom stereocenters. The van der Waals surface area contributed by atoms with Gasteiger partial charge in [-0.1, -0.05) is 19.9 Å². The minimum absolute atomic E-state index is 0.0624. The number of hydrogen-bond donors (Lipinski definition) is 1. The van der Waals surface area contributed by atoms with Crippen molar-refractivity contribution in [1.82, 2.24) is 15.2 Å². The summed E-state index contributed by atoms with van der Waals surface area (Å²) in [5.74, 6) is -0.235. The Morgan fingerprint density at radius 2 is 2.06 bits per heavy atom. The minimum atomic E-state index is -0.420. The van der Waals surface area contributed by atoms with Crippen LogP contribution in [-0.2, 0) is 4.79 Å². The van der Waals surface area contributed by atoms with E-state index in [1.807, 2.05) is 24.4 Å². The van der Waals surface area contributed by atoms with Crippen LogP contribution in [0.4, 0.5) is 5.69 Å². The second kappa shape index (κ2) is 8.78. The van der Waals surface area contributed by atoms with Gasteiger partial charge < -0.3 is 10.2 Å². The van der Waals surface area contributed by atoms with Gasteiger partial charge in [0.1, 0.15) is 5.01 Å². The summed E-state index contributed by atoms with van der Waals surface area (Å²) in [5, 5.41) is 5.60. The van der Waals surface area contributed by atoms with E-state index in [0.717, 1.165) is 30.1 Å². The van der Waals surface area contributed by atoms with Crippen molar-refractivity contribution in [2.45, 2.75) is 39.7 Å². The molecule has 3 heterocycles. The molecular formula is C23H28N4O3S. The first-order chi connectivity index (χ1) is 14.9. The molecule has 0 radical (unpaired) electrons. The van der Waals surface area contributed by atoms with Crippen molar-refractivity contribution in [2.24, 2.45) is 11.8 Å². The van der Waals surface area contributed by atoms with Gasteiger partial charge in [-0.2, -0.15) is 0 Å². The van der Waals surface area contributed by atoms with E-state index in [-0.39, 0.29) is 23.6 Å². The molecule has 1 N–H and O–H groups in total. The average molecular weight is 441 g/mol. The topological polar surface area (TPSA) is 82.6 Å². The first kappa shape index (κ1) is 21.5. The van der Waals surface area contributed by atoms with Crippen LogP contribution in [0.3, 0.4) is 0 Å². The van der Waals surface area contributed by atoms with Gasteiger partial charge in [-0.25, -0.2) is 4.98 Å². The zero-order valence-electron chi connectivity index (χ0n) is 18.1. The molecule has 7 nitrogen and oxygen atoms in total. The van der Waals surface area contributed by atoms with E-state index in [4.69, 9.17) is 0 Å². The van der Waals surface area contributed by atoms with E-state index in [1.54, 1.807) is 12.3 Å². The normalized spacial score (nSPS) is 19.7. The Bertz CT molecular complexity index is 989. The number of rotatable bonds is 6. The van der Waals surface area contributed by atoms with E-state index >= 15 is 0 Å². The van der Waals surface area contributed by atoms with E-state index in [9.17, 15) is 14.4 Å². The molecule has 2 aliphatic rings. The third-order valence-corrected chi connectivity index (χ3v) is 6.88. The van der Waals surface area contributed by atoms with Crippen molar-refractivity contribution in [3.05, 3.63) is 45.9 Å². The maximum Gasteiger partial charge on any atom is 0.264 e. The molecule has 0 saturated carbocycles. The van der Waals surface area contributed by atoms with Crippen LogP contribution in [0.15, 0.2) is 29.8 Å². The molecule has 0 spiro atoms. The number of nitrogens with one attached hydrogen (secondary N) is 1. The fourth-order valence-corrected chi connectivity index (χ4v) is 5.00. The highest BCUT2D eigenvalue weighted by Crippen LogP contribution is 2.37. The largest absolute Gasteiger partial charge is 0.370 e. The summed E-state index contributed by atoms with van der Waals surface area (Å²) >= 11 is 1.43. The van der Waals surface area contributed by atoms with Gasteiger partial charge in [0.15, 0.2) is 0 Å². The quantitative estimate of drug-likeness (QED) is 0.696. The van der Waals surface area contributed by atoms with Gasteiger partial charge in [0, 0.05) is 31.2 Å². The standard InChI is InChI=1S/C23H28N4O3S/c1-14(2)12-25-20(28)16-6-5-10-26(13-16)18-8-4-7-17-19(18)23(30)27(22(17)29)15(3)21-24-9-11-31-21/h4,7-9,11,14-16H,5-6,10,12-13H2,1-3H3,(H,25,28)/t15-,16-/m1/s1. The maximum absolute atomic E-state index is 13.4. The van der Waals surface area contributed by atoms with Crippen molar-refractivity contribution in [2.75, 3.05) is 24.5 Å². The van der Waals surface area contributed by atoms with Crippen LogP contribution in [0.1, 0.15) is 65.4 Å². The fraction of sp³-hybridized carbons (Fsp3) is 0.478. The van der Waals surface area contributed by atoms with Crippen molar-refractivity contribution in [3.8, 4) is 0 Å². The van der Waals surface area contributed by atoms with Gasteiger partial charge in [-0.05, 0) is 37.8 Å². The molecule has 1 aromatic heterocycles. The number of imide groups is 1. The summed E-state index contributed by atoms with van der Waals surface area (Å²) in [6, 6.07) is 5.00. The van der Waals surface area contributed by atoms with Crippen LogP contribution < -0.4 is 10.2 Å². The highest BCUT2D eigenvalue weighted by Gasteiger charge is 2.42.